The Kier molecular flexibility index (Phi) is 6.86. The molecule has 2 aromatic rings. The molecule has 0 aliphatic carbocycles. The fourth-order valence-corrected chi connectivity index (χ4v) is 3.34. The fourth-order valence-electron chi connectivity index (χ4n) is 3.34. The standard InChI is InChI=1S/C21H28N2O2/c24-14-15-25-21-9-5-4-8-19(21)16-22-20-10-12-23(13-11-20)17-18-6-2-1-3-7-18/h1-9,20,22,24H,10-17H2. The van der Waals surface area contributed by atoms with E-state index in [1.54, 1.807) is 0 Å². The third-order valence-electron chi connectivity index (χ3n) is 4.74. The van der Waals surface area contributed by atoms with Crippen molar-refractivity contribution in [1.82, 2.24) is 10.2 Å². The van der Waals surface area contributed by atoms with Crippen molar-refractivity contribution in [2.24, 2.45) is 0 Å². The van der Waals surface area contributed by atoms with Crippen LogP contribution in [-0.4, -0.2) is 42.4 Å². The van der Waals surface area contributed by atoms with Gasteiger partial charge < -0.3 is 15.2 Å². The van der Waals surface area contributed by atoms with Gasteiger partial charge in [0.25, 0.3) is 0 Å². The molecule has 0 unspecified atom stereocenters. The van der Waals surface area contributed by atoms with E-state index >= 15 is 0 Å². The predicted molar refractivity (Wildman–Crippen MR) is 101 cm³/mol. The highest BCUT2D eigenvalue weighted by Gasteiger charge is 2.19. The van der Waals surface area contributed by atoms with E-state index in [0.717, 1.165) is 37.5 Å². The lowest BCUT2D eigenvalue weighted by atomic mass is 10.0. The van der Waals surface area contributed by atoms with Gasteiger partial charge in [-0.15, -0.1) is 0 Å². The molecule has 2 N–H and O–H groups in total. The predicted octanol–water partition coefficient (Wildman–Crippen LogP) is 2.81. The van der Waals surface area contributed by atoms with Crippen LogP contribution in [0.1, 0.15) is 24.0 Å². The maximum atomic E-state index is 8.94. The Morgan fingerprint density at radius 2 is 1.72 bits per heavy atom. The van der Waals surface area contributed by atoms with Crippen molar-refractivity contribution < 1.29 is 9.84 Å². The number of nitrogens with zero attached hydrogens (tertiary/aromatic N) is 1. The van der Waals surface area contributed by atoms with Gasteiger partial charge in [-0.2, -0.15) is 0 Å². The van der Waals surface area contributed by atoms with Gasteiger partial charge in [0.15, 0.2) is 0 Å². The molecule has 0 spiro atoms. The molecule has 4 heteroatoms. The maximum absolute atomic E-state index is 8.94. The number of hydrogen-bond donors (Lipinski definition) is 2. The molecule has 25 heavy (non-hydrogen) atoms. The molecule has 0 bridgehead atoms. The second-order valence-electron chi connectivity index (χ2n) is 6.60. The van der Waals surface area contributed by atoms with Gasteiger partial charge in [0.05, 0.1) is 6.61 Å². The van der Waals surface area contributed by atoms with Crippen LogP contribution in [0.25, 0.3) is 0 Å². The van der Waals surface area contributed by atoms with E-state index in [9.17, 15) is 0 Å². The van der Waals surface area contributed by atoms with Crippen molar-refractivity contribution in [3.63, 3.8) is 0 Å². The van der Waals surface area contributed by atoms with Gasteiger partial charge in [-0.3, -0.25) is 4.90 Å². The lowest BCUT2D eigenvalue weighted by molar-refractivity contribution is 0.188. The monoisotopic (exact) mass is 340 g/mol. The number of para-hydroxylation sites is 1. The Balaban J connectivity index is 1.44. The molecule has 1 fully saturated rings. The van der Waals surface area contributed by atoms with Crippen LogP contribution in [0, 0.1) is 0 Å². The number of ether oxygens (including phenoxy) is 1. The summed E-state index contributed by atoms with van der Waals surface area (Å²) >= 11 is 0. The van der Waals surface area contributed by atoms with Crippen molar-refractivity contribution in [3.8, 4) is 5.75 Å². The molecule has 1 aliphatic rings. The van der Waals surface area contributed by atoms with E-state index in [-0.39, 0.29) is 6.61 Å². The fraction of sp³-hybridized carbons (Fsp3) is 0.429. The van der Waals surface area contributed by atoms with Crippen LogP contribution in [-0.2, 0) is 13.1 Å². The molecular weight excluding hydrogens is 312 g/mol. The summed E-state index contributed by atoms with van der Waals surface area (Å²) in [6.45, 7) is 4.51. The van der Waals surface area contributed by atoms with E-state index in [0.29, 0.717) is 12.6 Å². The number of aliphatic hydroxyl groups is 1. The Bertz CT molecular complexity index is 625. The quantitative estimate of drug-likeness (QED) is 0.776. The number of rotatable bonds is 8. The number of nitrogens with one attached hydrogen (secondary N) is 1. The summed E-state index contributed by atoms with van der Waals surface area (Å²) in [5.74, 6) is 0.866. The maximum Gasteiger partial charge on any atom is 0.123 e. The molecule has 134 valence electrons. The lowest BCUT2D eigenvalue weighted by Gasteiger charge is -2.32. The summed E-state index contributed by atoms with van der Waals surface area (Å²) in [7, 11) is 0. The molecule has 1 aliphatic heterocycles. The molecule has 0 aromatic heterocycles. The number of benzene rings is 2. The normalized spacial score (nSPS) is 16.0. The first-order valence-corrected chi connectivity index (χ1v) is 9.16. The first kappa shape index (κ1) is 17.9. The molecule has 0 radical (unpaired) electrons. The van der Waals surface area contributed by atoms with Crippen LogP contribution in [0.4, 0.5) is 0 Å². The first-order chi connectivity index (χ1) is 12.3. The minimum atomic E-state index is 0.0433. The highest BCUT2D eigenvalue weighted by atomic mass is 16.5. The third-order valence-corrected chi connectivity index (χ3v) is 4.74. The van der Waals surface area contributed by atoms with Crippen LogP contribution in [0.15, 0.2) is 54.6 Å². The van der Waals surface area contributed by atoms with Crippen LogP contribution < -0.4 is 10.1 Å². The van der Waals surface area contributed by atoms with Gasteiger partial charge in [0.2, 0.25) is 0 Å². The Morgan fingerprint density at radius 3 is 2.48 bits per heavy atom. The van der Waals surface area contributed by atoms with Crippen LogP contribution in [0.5, 0.6) is 5.75 Å². The van der Waals surface area contributed by atoms with Crippen LogP contribution in [0.2, 0.25) is 0 Å². The van der Waals surface area contributed by atoms with Crippen molar-refractivity contribution >= 4 is 0 Å². The van der Waals surface area contributed by atoms with E-state index < -0.39 is 0 Å². The largest absolute Gasteiger partial charge is 0.491 e. The highest BCUT2D eigenvalue weighted by Crippen LogP contribution is 2.19. The minimum absolute atomic E-state index is 0.0433. The first-order valence-electron chi connectivity index (χ1n) is 9.16. The second kappa shape index (κ2) is 9.56. The molecule has 0 saturated carbocycles. The Hall–Kier alpha value is -1.88. The zero-order valence-electron chi connectivity index (χ0n) is 14.7. The average molecular weight is 340 g/mol. The molecule has 2 aromatic carbocycles. The van der Waals surface area contributed by atoms with Gasteiger partial charge in [0, 0.05) is 24.7 Å². The van der Waals surface area contributed by atoms with Gasteiger partial charge >= 0.3 is 0 Å². The number of hydrogen-bond acceptors (Lipinski definition) is 4. The summed E-state index contributed by atoms with van der Waals surface area (Å²) in [6, 6.07) is 19.3. The lowest BCUT2D eigenvalue weighted by Crippen LogP contribution is -2.41. The van der Waals surface area contributed by atoms with Crippen molar-refractivity contribution in [3.05, 3.63) is 65.7 Å². The summed E-state index contributed by atoms with van der Waals surface area (Å²) < 4.78 is 5.61. The molecule has 4 nitrogen and oxygen atoms in total. The Labute approximate surface area is 150 Å². The zero-order valence-corrected chi connectivity index (χ0v) is 14.7. The third kappa shape index (κ3) is 5.56. The zero-order chi connectivity index (χ0) is 17.3. The van der Waals surface area contributed by atoms with Gasteiger partial charge in [0.1, 0.15) is 12.4 Å². The van der Waals surface area contributed by atoms with Crippen molar-refractivity contribution in [2.75, 3.05) is 26.3 Å². The summed E-state index contributed by atoms with van der Waals surface area (Å²) in [5, 5.41) is 12.6. The number of piperidine rings is 1. The van der Waals surface area contributed by atoms with Gasteiger partial charge in [-0.25, -0.2) is 0 Å². The van der Waals surface area contributed by atoms with E-state index in [4.69, 9.17) is 9.84 Å². The van der Waals surface area contributed by atoms with Gasteiger partial charge in [-0.1, -0.05) is 48.5 Å². The highest BCUT2D eigenvalue weighted by molar-refractivity contribution is 5.33. The SMILES string of the molecule is OCCOc1ccccc1CNC1CCN(Cc2ccccc2)CC1. The Morgan fingerprint density at radius 1 is 1.00 bits per heavy atom. The minimum Gasteiger partial charge on any atom is -0.491 e. The molecule has 1 saturated heterocycles. The number of likely N-dealkylation sites (tertiary alicyclic amines) is 1. The summed E-state index contributed by atoms with van der Waals surface area (Å²) in [6.07, 6.45) is 2.35. The molecule has 3 rings (SSSR count). The molecule has 0 amide bonds. The van der Waals surface area contributed by atoms with Gasteiger partial charge in [-0.05, 0) is 37.6 Å². The second-order valence-corrected chi connectivity index (χ2v) is 6.60. The van der Waals surface area contributed by atoms with E-state index in [1.165, 1.54) is 18.4 Å². The summed E-state index contributed by atoms with van der Waals surface area (Å²) in [5.41, 5.74) is 2.55. The summed E-state index contributed by atoms with van der Waals surface area (Å²) in [4.78, 5) is 2.53. The topological polar surface area (TPSA) is 44.7 Å². The molecule has 0 atom stereocenters. The number of aliphatic hydroxyl groups excluding tert-OH is 1. The molecular formula is C21H28N2O2. The van der Waals surface area contributed by atoms with Crippen molar-refractivity contribution in [2.45, 2.75) is 32.0 Å². The molecule has 1 heterocycles. The van der Waals surface area contributed by atoms with Crippen molar-refractivity contribution in [1.29, 1.82) is 0 Å². The van der Waals surface area contributed by atoms with E-state index in [2.05, 4.69) is 46.6 Å². The average Bonchev–Trinajstić information content (AvgIpc) is 2.67. The van der Waals surface area contributed by atoms with Crippen LogP contribution in [0.3, 0.4) is 0 Å². The van der Waals surface area contributed by atoms with Crippen LogP contribution >= 0.6 is 0 Å². The smallest absolute Gasteiger partial charge is 0.123 e. The van der Waals surface area contributed by atoms with E-state index in [1.807, 2.05) is 18.2 Å².